The molecule has 1 aromatic carbocycles. The minimum Gasteiger partial charge on any atom is -0.479 e. The second-order valence-corrected chi connectivity index (χ2v) is 5.13. The number of amides is 1. The number of hydrogen-bond donors (Lipinski definition) is 2. The minimum atomic E-state index is -0.572. The highest BCUT2D eigenvalue weighted by molar-refractivity contribution is 6.32. The predicted octanol–water partition coefficient (Wildman–Crippen LogP) is 2.57. The monoisotopic (exact) mass is 330 g/mol. The molecule has 2 N–H and O–H groups in total. The number of rotatable bonds is 5. The number of halogens is 2. The molecule has 0 radical (unpaired) electrons. The highest BCUT2D eigenvalue weighted by Crippen LogP contribution is 2.24. The summed E-state index contributed by atoms with van der Waals surface area (Å²) >= 11 is 6.00. The van der Waals surface area contributed by atoms with E-state index < -0.39 is 6.10 Å². The second kappa shape index (κ2) is 8.93. The van der Waals surface area contributed by atoms with Crippen LogP contribution in [0.3, 0.4) is 0 Å². The average molecular weight is 331 g/mol. The number of nitrogens with one attached hydrogen (secondary N) is 2. The number of para-hydroxylation sites is 1. The lowest BCUT2D eigenvalue weighted by atomic mass is 10.1. The van der Waals surface area contributed by atoms with Gasteiger partial charge in [-0.2, -0.15) is 0 Å². The minimum absolute atomic E-state index is 0. The highest BCUT2D eigenvalue weighted by atomic mass is 35.5. The van der Waals surface area contributed by atoms with E-state index in [9.17, 15) is 4.79 Å². The number of benzene rings is 1. The van der Waals surface area contributed by atoms with Crippen molar-refractivity contribution < 1.29 is 9.53 Å². The van der Waals surface area contributed by atoms with Crippen LogP contribution >= 0.6 is 24.0 Å². The van der Waals surface area contributed by atoms with Crippen molar-refractivity contribution in [2.24, 2.45) is 0 Å². The molecule has 0 bridgehead atoms. The first-order valence-electron chi connectivity index (χ1n) is 6.74. The van der Waals surface area contributed by atoms with Crippen LogP contribution in [0, 0.1) is 0 Å². The zero-order valence-corrected chi connectivity index (χ0v) is 13.5. The fourth-order valence-electron chi connectivity index (χ4n) is 1.96. The molecular formula is C15H20Cl2N2O2. The predicted molar refractivity (Wildman–Crippen MR) is 87.4 cm³/mol. The maximum atomic E-state index is 12.0. The molecule has 0 saturated heterocycles. The van der Waals surface area contributed by atoms with Crippen molar-refractivity contribution in [1.82, 2.24) is 10.6 Å². The van der Waals surface area contributed by atoms with Gasteiger partial charge in [0.15, 0.2) is 6.10 Å². The molecule has 2 rings (SSSR count). The Kier molecular flexibility index (Phi) is 7.57. The Bertz CT molecular complexity index is 506. The third-order valence-electron chi connectivity index (χ3n) is 3.16. The van der Waals surface area contributed by atoms with Crippen LogP contribution < -0.4 is 15.4 Å². The van der Waals surface area contributed by atoms with Crippen LogP contribution in [0.25, 0.3) is 0 Å². The summed E-state index contributed by atoms with van der Waals surface area (Å²) in [7, 11) is 0. The first-order chi connectivity index (χ1) is 9.66. The van der Waals surface area contributed by atoms with Gasteiger partial charge in [0.05, 0.1) is 5.02 Å². The van der Waals surface area contributed by atoms with Gasteiger partial charge in [0.2, 0.25) is 0 Å². The van der Waals surface area contributed by atoms with Crippen molar-refractivity contribution in [3.8, 4) is 5.75 Å². The lowest BCUT2D eigenvalue weighted by Crippen LogP contribution is -2.38. The summed E-state index contributed by atoms with van der Waals surface area (Å²) in [6.45, 7) is 4.14. The second-order valence-electron chi connectivity index (χ2n) is 4.72. The normalized spacial score (nSPS) is 15.4. The third kappa shape index (κ3) is 5.58. The number of carbonyl (C=O) groups is 1. The summed E-state index contributed by atoms with van der Waals surface area (Å²) in [5.74, 6) is 0.391. The molecule has 1 aliphatic heterocycles. The fourth-order valence-corrected chi connectivity index (χ4v) is 2.14. The molecule has 0 fully saturated rings. The molecular weight excluding hydrogens is 311 g/mol. The first kappa shape index (κ1) is 17.8. The van der Waals surface area contributed by atoms with Crippen molar-refractivity contribution in [2.45, 2.75) is 19.4 Å². The summed E-state index contributed by atoms with van der Waals surface area (Å²) in [6, 6.07) is 7.14. The molecule has 1 heterocycles. The van der Waals surface area contributed by atoms with Crippen LogP contribution in [0.15, 0.2) is 35.9 Å². The molecule has 1 aromatic rings. The summed E-state index contributed by atoms with van der Waals surface area (Å²) in [5, 5.41) is 6.63. The smallest absolute Gasteiger partial charge is 0.261 e. The number of hydrogen-bond acceptors (Lipinski definition) is 3. The van der Waals surface area contributed by atoms with Crippen LogP contribution in [-0.2, 0) is 4.79 Å². The lowest BCUT2D eigenvalue weighted by molar-refractivity contribution is -0.127. The maximum Gasteiger partial charge on any atom is 0.261 e. The lowest BCUT2D eigenvalue weighted by Gasteiger charge is -2.18. The van der Waals surface area contributed by atoms with E-state index in [2.05, 4.69) is 16.7 Å². The van der Waals surface area contributed by atoms with Crippen molar-refractivity contribution in [1.29, 1.82) is 0 Å². The van der Waals surface area contributed by atoms with Crippen molar-refractivity contribution in [2.75, 3.05) is 19.6 Å². The molecule has 21 heavy (non-hydrogen) atoms. The van der Waals surface area contributed by atoms with Crippen LogP contribution in [0.4, 0.5) is 0 Å². The molecule has 1 aliphatic rings. The molecule has 1 unspecified atom stereocenters. The number of ether oxygens (including phenoxy) is 1. The Balaban J connectivity index is 0.00000220. The summed E-state index contributed by atoms with van der Waals surface area (Å²) in [4.78, 5) is 12.0. The van der Waals surface area contributed by atoms with Crippen molar-refractivity contribution >= 4 is 29.9 Å². The van der Waals surface area contributed by atoms with E-state index in [-0.39, 0.29) is 18.3 Å². The summed E-state index contributed by atoms with van der Waals surface area (Å²) in [6.07, 6.45) is 2.51. The standard InChI is InChI=1S/C15H19ClN2O2.ClH/c1-11(20-14-5-3-2-4-13(14)16)15(19)18-10-12-6-8-17-9-7-12;/h2-6,11,17H,7-10H2,1H3,(H,18,19);1H. The van der Waals surface area contributed by atoms with E-state index in [4.69, 9.17) is 16.3 Å². The summed E-state index contributed by atoms with van der Waals surface area (Å²) in [5.41, 5.74) is 1.25. The first-order valence-corrected chi connectivity index (χ1v) is 7.12. The Labute approximate surface area is 136 Å². The van der Waals surface area contributed by atoms with Gasteiger partial charge in [-0.05, 0) is 32.0 Å². The van der Waals surface area contributed by atoms with Gasteiger partial charge in [0.25, 0.3) is 5.91 Å². The number of carbonyl (C=O) groups excluding carboxylic acids is 1. The van der Waals surface area contributed by atoms with E-state index in [1.54, 1.807) is 19.1 Å². The van der Waals surface area contributed by atoms with E-state index in [0.717, 1.165) is 19.5 Å². The van der Waals surface area contributed by atoms with Crippen molar-refractivity contribution in [3.05, 3.63) is 40.9 Å². The molecule has 4 nitrogen and oxygen atoms in total. The highest BCUT2D eigenvalue weighted by Gasteiger charge is 2.16. The van der Waals surface area contributed by atoms with Crippen LogP contribution in [0.1, 0.15) is 13.3 Å². The molecule has 1 atom stereocenters. The van der Waals surface area contributed by atoms with E-state index in [1.807, 2.05) is 12.1 Å². The molecule has 116 valence electrons. The Morgan fingerprint density at radius 1 is 1.48 bits per heavy atom. The van der Waals surface area contributed by atoms with Crippen LogP contribution in [-0.4, -0.2) is 31.6 Å². The molecule has 6 heteroatoms. The van der Waals surface area contributed by atoms with Gasteiger partial charge in [-0.3, -0.25) is 4.79 Å². The van der Waals surface area contributed by atoms with Crippen LogP contribution in [0.2, 0.25) is 5.02 Å². The Hall–Kier alpha value is -1.23. The van der Waals surface area contributed by atoms with Gasteiger partial charge in [-0.1, -0.05) is 35.4 Å². The van der Waals surface area contributed by atoms with Crippen LogP contribution in [0.5, 0.6) is 5.75 Å². The van der Waals surface area contributed by atoms with E-state index in [0.29, 0.717) is 17.3 Å². The van der Waals surface area contributed by atoms with Gasteiger partial charge < -0.3 is 15.4 Å². The summed E-state index contributed by atoms with van der Waals surface area (Å²) < 4.78 is 5.57. The SMILES string of the molecule is CC(Oc1ccccc1Cl)C(=O)NCC1=CCNCC1.Cl. The molecule has 0 aromatic heterocycles. The largest absolute Gasteiger partial charge is 0.479 e. The maximum absolute atomic E-state index is 12.0. The van der Waals surface area contributed by atoms with Gasteiger partial charge in [0.1, 0.15) is 5.75 Å². The van der Waals surface area contributed by atoms with Gasteiger partial charge >= 0.3 is 0 Å². The van der Waals surface area contributed by atoms with E-state index in [1.165, 1.54) is 5.57 Å². The zero-order valence-electron chi connectivity index (χ0n) is 11.9. The third-order valence-corrected chi connectivity index (χ3v) is 3.47. The Morgan fingerprint density at radius 3 is 2.90 bits per heavy atom. The van der Waals surface area contributed by atoms with Gasteiger partial charge in [0, 0.05) is 13.1 Å². The van der Waals surface area contributed by atoms with Crippen molar-refractivity contribution in [3.63, 3.8) is 0 Å². The molecule has 0 spiro atoms. The molecule has 0 aliphatic carbocycles. The molecule has 0 saturated carbocycles. The van der Waals surface area contributed by atoms with E-state index >= 15 is 0 Å². The Morgan fingerprint density at radius 2 is 2.24 bits per heavy atom. The average Bonchev–Trinajstić information content (AvgIpc) is 2.48. The quantitative estimate of drug-likeness (QED) is 0.816. The van der Waals surface area contributed by atoms with Gasteiger partial charge in [-0.25, -0.2) is 0 Å². The van der Waals surface area contributed by atoms with Gasteiger partial charge in [-0.15, -0.1) is 12.4 Å². The fraction of sp³-hybridized carbons (Fsp3) is 0.400. The molecule has 1 amide bonds. The topological polar surface area (TPSA) is 50.4 Å². The zero-order chi connectivity index (χ0) is 14.4.